The quantitative estimate of drug-likeness (QED) is 0.824. The van der Waals surface area contributed by atoms with Crippen LogP contribution in [-0.2, 0) is 6.42 Å². The molecule has 1 aromatic heterocycles. The summed E-state index contributed by atoms with van der Waals surface area (Å²) in [6, 6.07) is 5.41. The van der Waals surface area contributed by atoms with Gasteiger partial charge in [-0.05, 0) is 18.2 Å². The van der Waals surface area contributed by atoms with E-state index in [1.54, 1.807) is 23.5 Å². The van der Waals surface area contributed by atoms with Gasteiger partial charge in [0.2, 0.25) is 0 Å². The summed E-state index contributed by atoms with van der Waals surface area (Å²) in [5.41, 5.74) is 10.3. The first-order chi connectivity index (χ1) is 7.75. The third-order valence-electron chi connectivity index (χ3n) is 2.20. The summed E-state index contributed by atoms with van der Waals surface area (Å²) >= 11 is 7.50. The standard InChI is InChI=1S/C11H12ClN3S/c12-8-1-2-10(13)11(5-8)14-4-3-9-6-16-7-15-9/h1-2,5-7,14H,3-4,13H2. The Labute approximate surface area is 103 Å². The Kier molecular flexibility index (Phi) is 3.64. The van der Waals surface area contributed by atoms with Crippen molar-refractivity contribution in [2.24, 2.45) is 0 Å². The molecule has 0 unspecified atom stereocenters. The highest BCUT2D eigenvalue weighted by molar-refractivity contribution is 7.07. The van der Waals surface area contributed by atoms with Gasteiger partial charge in [-0.1, -0.05) is 11.6 Å². The Bertz CT molecular complexity index is 456. The number of nitrogen functional groups attached to an aromatic ring is 1. The smallest absolute Gasteiger partial charge is 0.0794 e. The van der Waals surface area contributed by atoms with E-state index in [1.807, 2.05) is 17.0 Å². The fraction of sp³-hybridized carbons (Fsp3) is 0.182. The van der Waals surface area contributed by atoms with Crippen LogP contribution in [0.2, 0.25) is 5.02 Å². The highest BCUT2D eigenvalue weighted by Crippen LogP contribution is 2.22. The predicted molar refractivity (Wildman–Crippen MR) is 70.2 cm³/mol. The van der Waals surface area contributed by atoms with Crippen LogP contribution in [0.4, 0.5) is 11.4 Å². The lowest BCUT2D eigenvalue weighted by atomic mass is 10.2. The Morgan fingerprint density at radius 1 is 1.44 bits per heavy atom. The molecule has 84 valence electrons. The first kappa shape index (κ1) is 11.2. The predicted octanol–water partition coefficient (Wildman–Crippen LogP) is 3.03. The molecule has 0 spiro atoms. The number of benzene rings is 1. The molecule has 0 aliphatic rings. The Morgan fingerprint density at radius 2 is 2.31 bits per heavy atom. The summed E-state index contributed by atoms with van der Waals surface area (Å²) in [6.07, 6.45) is 0.884. The van der Waals surface area contributed by atoms with Crippen LogP contribution in [0.25, 0.3) is 0 Å². The number of nitrogens with two attached hydrogens (primary N) is 1. The van der Waals surface area contributed by atoms with Gasteiger partial charge in [0.15, 0.2) is 0 Å². The van der Waals surface area contributed by atoms with Crippen molar-refractivity contribution in [3.05, 3.63) is 39.8 Å². The van der Waals surface area contributed by atoms with Crippen molar-refractivity contribution in [2.75, 3.05) is 17.6 Å². The zero-order chi connectivity index (χ0) is 11.4. The van der Waals surface area contributed by atoms with E-state index in [-0.39, 0.29) is 0 Å². The molecule has 2 rings (SSSR count). The van der Waals surface area contributed by atoms with E-state index in [0.717, 1.165) is 24.3 Å². The number of nitrogens with zero attached hydrogens (tertiary/aromatic N) is 1. The van der Waals surface area contributed by atoms with Crippen molar-refractivity contribution >= 4 is 34.3 Å². The van der Waals surface area contributed by atoms with Crippen molar-refractivity contribution in [2.45, 2.75) is 6.42 Å². The molecule has 5 heteroatoms. The monoisotopic (exact) mass is 253 g/mol. The highest BCUT2D eigenvalue weighted by atomic mass is 35.5. The maximum absolute atomic E-state index is 5.89. The molecule has 0 atom stereocenters. The first-order valence-electron chi connectivity index (χ1n) is 4.91. The number of aromatic nitrogens is 1. The molecule has 0 aliphatic carbocycles. The average molecular weight is 254 g/mol. The zero-order valence-corrected chi connectivity index (χ0v) is 10.2. The number of nitrogens with one attached hydrogen (secondary N) is 1. The van der Waals surface area contributed by atoms with Gasteiger partial charge in [0, 0.05) is 23.4 Å². The van der Waals surface area contributed by atoms with Crippen LogP contribution in [0.3, 0.4) is 0 Å². The molecule has 1 heterocycles. The van der Waals surface area contributed by atoms with Crippen LogP contribution in [0, 0.1) is 0 Å². The number of hydrogen-bond acceptors (Lipinski definition) is 4. The lowest BCUT2D eigenvalue weighted by molar-refractivity contribution is 0.978. The summed E-state index contributed by atoms with van der Waals surface area (Å²) < 4.78 is 0. The molecule has 0 saturated heterocycles. The second kappa shape index (κ2) is 5.18. The second-order valence-electron chi connectivity index (χ2n) is 3.39. The minimum Gasteiger partial charge on any atom is -0.397 e. The lowest BCUT2D eigenvalue weighted by Crippen LogP contribution is -2.06. The van der Waals surface area contributed by atoms with Crippen molar-refractivity contribution in [1.82, 2.24) is 4.98 Å². The van der Waals surface area contributed by atoms with Gasteiger partial charge in [0.25, 0.3) is 0 Å². The fourth-order valence-corrected chi connectivity index (χ4v) is 2.13. The SMILES string of the molecule is Nc1ccc(Cl)cc1NCCc1cscn1. The third-order valence-corrected chi connectivity index (χ3v) is 3.07. The number of rotatable bonds is 4. The summed E-state index contributed by atoms with van der Waals surface area (Å²) in [5.74, 6) is 0. The molecule has 16 heavy (non-hydrogen) atoms. The number of halogens is 1. The van der Waals surface area contributed by atoms with Crippen LogP contribution in [-0.4, -0.2) is 11.5 Å². The highest BCUT2D eigenvalue weighted by Gasteiger charge is 2.00. The van der Waals surface area contributed by atoms with Gasteiger partial charge in [0.1, 0.15) is 0 Å². The fourth-order valence-electron chi connectivity index (χ4n) is 1.37. The molecular formula is C11H12ClN3S. The van der Waals surface area contributed by atoms with Crippen LogP contribution in [0.1, 0.15) is 5.69 Å². The molecule has 0 bridgehead atoms. The third kappa shape index (κ3) is 2.87. The van der Waals surface area contributed by atoms with Crippen molar-refractivity contribution in [3.63, 3.8) is 0 Å². The van der Waals surface area contributed by atoms with Gasteiger partial charge < -0.3 is 11.1 Å². The minimum absolute atomic E-state index is 0.686. The van der Waals surface area contributed by atoms with E-state index in [2.05, 4.69) is 10.3 Å². The van der Waals surface area contributed by atoms with Gasteiger partial charge in [-0.25, -0.2) is 4.98 Å². The molecule has 0 saturated carbocycles. The first-order valence-corrected chi connectivity index (χ1v) is 6.24. The minimum atomic E-state index is 0.686. The zero-order valence-electron chi connectivity index (χ0n) is 8.61. The van der Waals surface area contributed by atoms with Crippen molar-refractivity contribution in [3.8, 4) is 0 Å². The molecule has 3 N–H and O–H groups in total. The molecular weight excluding hydrogens is 242 g/mol. The van der Waals surface area contributed by atoms with Crippen LogP contribution >= 0.6 is 22.9 Å². The summed E-state index contributed by atoms with van der Waals surface area (Å²) in [7, 11) is 0. The van der Waals surface area contributed by atoms with Crippen LogP contribution in [0.15, 0.2) is 29.1 Å². The maximum atomic E-state index is 5.89. The number of anilines is 2. The average Bonchev–Trinajstić information content (AvgIpc) is 2.76. The van der Waals surface area contributed by atoms with E-state index in [0.29, 0.717) is 10.7 Å². The van der Waals surface area contributed by atoms with E-state index < -0.39 is 0 Å². The van der Waals surface area contributed by atoms with Crippen molar-refractivity contribution in [1.29, 1.82) is 0 Å². The van der Waals surface area contributed by atoms with Gasteiger partial charge >= 0.3 is 0 Å². The molecule has 2 aromatic rings. The summed E-state index contributed by atoms with van der Waals surface area (Å²) in [5, 5.41) is 5.98. The molecule has 3 nitrogen and oxygen atoms in total. The molecule has 1 aromatic carbocycles. The lowest BCUT2D eigenvalue weighted by Gasteiger charge is -2.08. The van der Waals surface area contributed by atoms with Crippen LogP contribution < -0.4 is 11.1 Å². The Balaban J connectivity index is 1.92. The Hall–Kier alpha value is -1.26. The summed E-state index contributed by atoms with van der Waals surface area (Å²) in [4.78, 5) is 4.21. The topological polar surface area (TPSA) is 50.9 Å². The molecule has 0 radical (unpaired) electrons. The van der Waals surface area contributed by atoms with Gasteiger partial charge in [-0.15, -0.1) is 11.3 Å². The second-order valence-corrected chi connectivity index (χ2v) is 4.54. The molecule has 0 amide bonds. The van der Waals surface area contributed by atoms with E-state index in [4.69, 9.17) is 17.3 Å². The van der Waals surface area contributed by atoms with Crippen molar-refractivity contribution < 1.29 is 0 Å². The van der Waals surface area contributed by atoms with Gasteiger partial charge in [0.05, 0.1) is 22.6 Å². The van der Waals surface area contributed by atoms with Gasteiger partial charge in [-0.3, -0.25) is 0 Å². The van der Waals surface area contributed by atoms with Crippen LogP contribution in [0.5, 0.6) is 0 Å². The molecule has 0 aliphatic heterocycles. The van der Waals surface area contributed by atoms with E-state index in [9.17, 15) is 0 Å². The number of hydrogen-bond donors (Lipinski definition) is 2. The normalized spacial score (nSPS) is 10.3. The Morgan fingerprint density at radius 3 is 3.06 bits per heavy atom. The maximum Gasteiger partial charge on any atom is 0.0794 e. The number of thiazole rings is 1. The summed E-state index contributed by atoms with van der Waals surface area (Å²) in [6.45, 7) is 0.800. The van der Waals surface area contributed by atoms with E-state index >= 15 is 0 Å². The van der Waals surface area contributed by atoms with E-state index in [1.165, 1.54) is 0 Å². The largest absolute Gasteiger partial charge is 0.397 e. The van der Waals surface area contributed by atoms with Gasteiger partial charge in [-0.2, -0.15) is 0 Å². The molecule has 0 fully saturated rings.